The summed E-state index contributed by atoms with van der Waals surface area (Å²) in [5.74, 6) is 5.00. The number of hydrogen-bond donors (Lipinski definition) is 3. The molecule has 0 spiro atoms. The van der Waals surface area contributed by atoms with Crippen LogP contribution in [0.2, 0.25) is 0 Å². The Morgan fingerprint density at radius 1 is 1.30 bits per heavy atom. The molecule has 0 aromatic heterocycles. The number of amides is 1. The van der Waals surface area contributed by atoms with Crippen molar-refractivity contribution in [3.63, 3.8) is 0 Å². The zero-order valence-corrected chi connectivity index (χ0v) is 12.3. The molecule has 1 atom stereocenters. The molecular formula is C15H25N3O2. The summed E-state index contributed by atoms with van der Waals surface area (Å²) in [4.78, 5) is 11.1. The lowest BCUT2D eigenvalue weighted by atomic mass is 9.93. The number of ether oxygens (including phenoxy) is 1. The summed E-state index contributed by atoms with van der Waals surface area (Å²) in [6.45, 7) is 3.59. The maximum Gasteiger partial charge on any atom is 0.421 e. The van der Waals surface area contributed by atoms with E-state index in [4.69, 9.17) is 16.3 Å². The van der Waals surface area contributed by atoms with Crippen LogP contribution in [0, 0.1) is 0 Å². The first kappa shape index (κ1) is 16.5. The highest BCUT2D eigenvalue weighted by molar-refractivity contribution is 5.66. The molecule has 0 saturated heterocycles. The van der Waals surface area contributed by atoms with E-state index in [9.17, 15) is 4.79 Å². The number of nitrogens with two attached hydrogens (primary N) is 2. The zero-order valence-electron chi connectivity index (χ0n) is 12.3. The quantitative estimate of drug-likeness (QED) is 0.308. The molecule has 0 aliphatic carbocycles. The van der Waals surface area contributed by atoms with Gasteiger partial charge < -0.3 is 10.5 Å². The van der Waals surface area contributed by atoms with E-state index in [0.717, 1.165) is 25.7 Å². The molecule has 0 bridgehead atoms. The lowest BCUT2D eigenvalue weighted by Crippen LogP contribution is -2.49. The van der Waals surface area contributed by atoms with E-state index in [1.165, 1.54) is 5.56 Å². The van der Waals surface area contributed by atoms with Crippen LogP contribution in [0.15, 0.2) is 30.3 Å². The number of rotatable bonds is 7. The van der Waals surface area contributed by atoms with Gasteiger partial charge in [0.15, 0.2) is 0 Å². The monoisotopic (exact) mass is 279 g/mol. The van der Waals surface area contributed by atoms with Crippen LogP contribution in [0.1, 0.15) is 38.7 Å². The topological polar surface area (TPSA) is 90.4 Å². The number of aryl methyl sites for hydroxylation is 1. The second-order valence-corrected chi connectivity index (χ2v) is 5.48. The predicted molar refractivity (Wildman–Crippen MR) is 79.9 cm³/mol. The Labute approximate surface area is 120 Å². The van der Waals surface area contributed by atoms with Crippen molar-refractivity contribution >= 4 is 6.09 Å². The Morgan fingerprint density at radius 3 is 2.55 bits per heavy atom. The van der Waals surface area contributed by atoms with Crippen LogP contribution in [0.5, 0.6) is 0 Å². The van der Waals surface area contributed by atoms with Crippen molar-refractivity contribution in [2.75, 3.05) is 0 Å². The number of carbonyl (C=O) groups excluding carboxylic acids is 1. The van der Waals surface area contributed by atoms with Gasteiger partial charge in [0, 0.05) is 6.04 Å². The molecule has 5 heteroatoms. The standard InChI is InChI=1S/C15H25N3O2/c1-15(2,20-14(19)18-17)13(16)11-7-6-10-12-8-4-3-5-9-12/h3-5,8-9,13H,6-7,10-11,16-17H2,1-2H3,(H,18,19). The highest BCUT2D eigenvalue weighted by atomic mass is 16.6. The summed E-state index contributed by atoms with van der Waals surface area (Å²) in [6.07, 6.45) is 3.24. The first-order valence-electron chi connectivity index (χ1n) is 6.95. The Bertz CT molecular complexity index is 407. The van der Waals surface area contributed by atoms with Gasteiger partial charge in [0.25, 0.3) is 0 Å². The van der Waals surface area contributed by atoms with Gasteiger partial charge in [-0.2, -0.15) is 0 Å². The second kappa shape index (κ2) is 7.87. The number of carbonyl (C=O) groups is 1. The van der Waals surface area contributed by atoms with Crippen LogP contribution >= 0.6 is 0 Å². The number of hydrazine groups is 1. The van der Waals surface area contributed by atoms with Gasteiger partial charge in [-0.05, 0) is 38.7 Å². The van der Waals surface area contributed by atoms with Gasteiger partial charge in [-0.25, -0.2) is 10.6 Å². The van der Waals surface area contributed by atoms with Crippen LogP contribution in [-0.2, 0) is 11.2 Å². The smallest absolute Gasteiger partial charge is 0.421 e. The van der Waals surface area contributed by atoms with Gasteiger partial charge in [0.1, 0.15) is 5.60 Å². The Hall–Kier alpha value is -1.59. The Morgan fingerprint density at radius 2 is 1.95 bits per heavy atom. The maximum atomic E-state index is 11.1. The van der Waals surface area contributed by atoms with Crippen molar-refractivity contribution < 1.29 is 9.53 Å². The zero-order chi connectivity index (χ0) is 15.0. The van der Waals surface area contributed by atoms with E-state index >= 15 is 0 Å². The van der Waals surface area contributed by atoms with Crippen LogP contribution < -0.4 is 17.0 Å². The third-order valence-corrected chi connectivity index (χ3v) is 3.44. The molecule has 0 heterocycles. The van der Waals surface area contributed by atoms with Gasteiger partial charge in [0.05, 0.1) is 0 Å². The molecular weight excluding hydrogens is 254 g/mol. The van der Waals surface area contributed by atoms with Gasteiger partial charge in [0.2, 0.25) is 0 Å². The lowest BCUT2D eigenvalue weighted by molar-refractivity contribution is 0.0172. The SMILES string of the molecule is CC(C)(OC(=O)NN)C(N)CCCCc1ccccc1. The molecule has 1 aromatic carbocycles. The Balaban J connectivity index is 2.28. The molecule has 5 N–H and O–H groups in total. The molecule has 0 aliphatic rings. The van der Waals surface area contributed by atoms with Crippen molar-refractivity contribution in [1.29, 1.82) is 0 Å². The molecule has 1 unspecified atom stereocenters. The summed E-state index contributed by atoms with van der Waals surface area (Å²) in [5.41, 5.74) is 8.64. The largest absolute Gasteiger partial charge is 0.441 e. The average Bonchev–Trinajstić information content (AvgIpc) is 2.43. The molecule has 20 heavy (non-hydrogen) atoms. The van der Waals surface area contributed by atoms with E-state index in [1.807, 2.05) is 23.6 Å². The maximum absolute atomic E-state index is 11.1. The van der Waals surface area contributed by atoms with Gasteiger partial charge in [-0.1, -0.05) is 36.8 Å². The molecule has 1 rings (SSSR count). The molecule has 112 valence electrons. The fourth-order valence-electron chi connectivity index (χ4n) is 2.03. The van der Waals surface area contributed by atoms with Gasteiger partial charge >= 0.3 is 6.09 Å². The van der Waals surface area contributed by atoms with Crippen LogP contribution in [0.4, 0.5) is 4.79 Å². The van der Waals surface area contributed by atoms with Crippen molar-refractivity contribution in [2.24, 2.45) is 11.6 Å². The van der Waals surface area contributed by atoms with E-state index in [2.05, 4.69) is 12.1 Å². The normalized spacial score (nSPS) is 12.8. The summed E-state index contributed by atoms with van der Waals surface area (Å²) in [6, 6.07) is 10.1. The summed E-state index contributed by atoms with van der Waals surface area (Å²) >= 11 is 0. The number of hydrogen-bond acceptors (Lipinski definition) is 4. The molecule has 1 aromatic rings. The van der Waals surface area contributed by atoms with E-state index < -0.39 is 11.7 Å². The minimum Gasteiger partial charge on any atom is -0.441 e. The van der Waals surface area contributed by atoms with Crippen molar-refractivity contribution in [3.05, 3.63) is 35.9 Å². The van der Waals surface area contributed by atoms with E-state index in [1.54, 1.807) is 13.8 Å². The summed E-state index contributed by atoms with van der Waals surface area (Å²) < 4.78 is 5.16. The van der Waals surface area contributed by atoms with Crippen LogP contribution in [0.3, 0.4) is 0 Å². The fraction of sp³-hybridized carbons (Fsp3) is 0.533. The minimum atomic E-state index is -0.726. The van der Waals surface area contributed by atoms with Crippen LogP contribution in [-0.4, -0.2) is 17.7 Å². The lowest BCUT2D eigenvalue weighted by Gasteiger charge is -2.31. The summed E-state index contributed by atoms with van der Waals surface area (Å²) in [5, 5.41) is 0. The third-order valence-electron chi connectivity index (χ3n) is 3.44. The van der Waals surface area contributed by atoms with Crippen molar-refractivity contribution in [1.82, 2.24) is 5.43 Å². The van der Waals surface area contributed by atoms with Crippen molar-refractivity contribution in [3.8, 4) is 0 Å². The van der Waals surface area contributed by atoms with E-state index in [-0.39, 0.29) is 6.04 Å². The number of nitrogens with one attached hydrogen (secondary N) is 1. The minimum absolute atomic E-state index is 0.212. The first-order chi connectivity index (χ1) is 9.45. The molecule has 0 saturated carbocycles. The van der Waals surface area contributed by atoms with Gasteiger partial charge in [-0.3, -0.25) is 5.43 Å². The predicted octanol–water partition coefficient (Wildman–Crippen LogP) is 2.11. The number of unbranched alkanes of at least 4 members (excludes halogenated alkanes) is 1. The highest BCUT2D eigenvalue weighted by Gasteiger charge is 2.30. The average molecular weight is 279 g/mol. The highest BCUT2D eigenvalue weighted by Crippen LogP contribution is 2.18. The third kappa shape index (κ3) is 5.59. The molecule has 0 radical (unpaired) electrons. The van der Waals surface area contributed by atoms with E-state index in [0.29, 0.717) is 0 Å². The first-order valence-corrected chi connectivity index (χ1v) is 6.95. The molecule has 0 fully saturated rings. The molecule has 1 amide bonds. The van der Waals surface area contributed by atoms with Crippen molar-refractivity contribution in [2.45, 2.75) is 51.2 Å². The number of benzene rings is 1. The van der Waals surface area contributed by atoms with Crippen LogP contribution in [0.25, 0.3) is 0 Å². The molecule has 0 aliphatic heterocycles. The second-order valence-electron chi connectivity index (χ2n) is 5.48. The fourth-order valence-corrected chi connectivity index (χ4v) is 2.03. The Kier molecular flexibility index (Phi) is 6.48. The van der Waals surface area contributed by atoms with Gasteiger partial charge in [-0.15, -0.1) is 0 Å². The summed E-state index contributed by atoms with van der Waals surface area (Å²) in [7, 11) is 0. The molecule has 5 nitrogen and oxygen atoms in total.